The number of rotatable bonds is 12. The molecule has 0 aromatic heterocycles. The van der Waals surface area contributed by atoms with E-state index in [0.29, 0.717) is 18.6 Å². The van der Waals surface area contributed by atoms with E-state index < -0.39 is 77.5 Å². The van der Waals surface area contributed by atoms with Gasteiger partial charge in [-0.25, -0.2) is 14.6 Å². The first-order valence-corrected chi connectivity index (χ1v) is 14.1. The molecular weight excluding hydrogens is 552 g/mol. The largest absolute Gasteiger partial charge is 0.459 e. The van der Waals surface area contributed by atoms with Crippen LogP contribution < -0.4 is 0 Å². The number of carbonyl (C=O) groups is 3. The van der Waals surface area contributed by atoms with Crippen molar-refractivity contribution >= 4 is 18.4 Å². The van der Waals surface area contributed by atoms with Gasteiger partial charge < -0.3 is 33.9 Å². The summed E-state index contributed by atoms with van der Waals surface area (Å²) in [4.78, 5) is 48.5. The molecule has 230 valence electrons. The van der Waals surface area contributed by atoms with Crippen molar-refractivity contribution in [1.82, 2.24) is 0 Å². The van der Waals surface area contributed by atoms with Crippen molar-refractivity contribution in [3.63, 3.8) is 0 Å². The molecule has 0 radical (unpaired) electrons. The summed E-state index contributed by atoms with van der Waals surface area (Å²) in [6, 6.07) is 7.70. The van der Waals surface area contributed by atoms with E-state index in [4.69, 9.17) is 28.6 Å². The van der Waals surface area contributed by atoms with Crippen molar-refractivity contribution in [2.45, 2.75) is 76.5 Å². The van der Waals surface area contributed by atoms with Crippen LogP contribution in [-0.2, 0) is 60.9 Å². The normalized spacial score (nSPS) is 39.1. The second-order valence-electron chi connectivity index (χ2n) is 11.6. The number of hydrogen-bond donors (Lipinski definition) is 2. The van der Waals surface area contributed by atoms with Crippen LogP contribution in [0.2, 0.25) is 0 Å². The monoisotopic (exact) mass is 590 g/mol. The van der Waals surface area contributed by atoms with E-state index in [1.54, 1.807) is 13.8 Å². The summed E-state index contributed by atoms with van der Waals surface area (Å²) in [5.74, 6) is -3.54. The summed E-state index contributed by atoms with van der Waals surface area (Å²) in [7, 11) is 1.45. The fraction of sp³-hybridized carbons (Fsp3) is 0.633. The number of hydrogen-bond acceptors (Lipinski definition) is 12. The van der Waals surface area contributed by atoms with Gasteiger partial charge in [-0.15, -0.1) is 0 Å². The van der Waals surface area contributed by atoms with Crippen molar-refractivity contribution < 1.29 is 58.1 Å². The van der Waals surface area contributed by atoms with E-state index in [2.05, 4.69) is 11.5 Å². The van der Waals surface area contributed by atoms with Gasteiger partial charge in [0.15, 0.2) is 11.7 Å². The van der Waals surface area contributed by atoms with Crippen molar-refractivity contribution in [2.24, 2.45) is 22.7 Å². The van der Waals surface area contributed by atoms with E-state index >= 15 is 0 Å². The molecule has 42 heavy (non-hydrogen) atoms. The lowest BCUT2D eigenvalue weighted by Gasteiger charge is -2.51. The molecule has 1 aromatic rings. The van der Waals surface area contributed by atoms with Gasteiger partial charge in [-0.05, 0) is 50.7 Å². The molecule has 3 heterocycles. The number of benzene rings is 1. The molecule has 12 nitrogen and oxygen atoms in total. The Bertz CT molecular complexity index is 1220. The molecule has 4 fully saturated rings. The fourth-order valence-corrected chi connectivity index (χ4v) is 8.25. The molecule has 5 rings (SSSR count). The highest BCUT2D eigenvalue weighted by atomic mass is 17.2. The molecule has 6 unspecified atom stereocenters. The number of allylic oxidation sites excluding steroid dienone is 1. The second kappa shape index (κ2) is 11.3. The average Bonchev–Trinajstić information content (AvgIpc) is 3.51. The quantitative estimate of drug-likeness (QED) is 0.0687. The minimum absolute atomic E-state index is 0.127. The Morgan fingerprint density at radius 1 is 1.21 bits per heavy atom. The SMILES string of the molecule is C=C(C)[C@@H]1CC2OC(=O)C34OC(OC=O)C1([C@H](C)OCc1ccc(CCOOC)cc1)C23[C@@H](O)C(CO)OC(=O)[C@H]4C. The molecule has 12 heteroatoms. The van der Waals surface area contributed by atoms with Crippen molar-refractivity contribution in [1.29, 1.82) is 0 Å². The molecule has 3 aliphatic heterocycles. The van der Waals surface area contributed by atoms with Crippen LogP contribution in [0, 0.1) is 22.7 Å². The Kier molecular flexibility index (Phi) is 8.25. The standard InChI is InChI=1S/C30H38O12/c1-16(2)21-12-23-29-24(33)22(13-31)40-25(34)17(3)30(29,26(35)41-23)42-27(38-15-32)28(21,29)18(4)37-14-20-8-6-19(7-9-20)10-11-39-36-5/h6-9,15,17-18,21-24,27,31,33H,1,10-14H2,2-5H3/t17-,18+,21+,22?,23?,24+,27?,28?,29?,30?/m1/s1. The maximum Gasteiger partial charge on any atom is 0.340 e. The third-order valence-corrected chi connectivity index (χ3v) is 9.89. The van der Waals surface area contributed by atoms with Crippen LogP contribution in [-0.4, -0.2) is 85.3 Å². The molecule has 0 amide bonds. The highest BCUT2D eigenvalue weighted by molar-refractivity contribution is 5.92. The van der Waals surface area contributed by atoms with Gasteiger partial charge in [0.05, 0.1) is 49.8 Å². The molecule has 1 aliphatic carbocycles. The zero-order chi connectivity index (χ0) is 30.4. The second-order valence-corrected chi connectivity index (χ2v) is 11.6. The van der Waals surface area contributed by atoms with E-state index in [-0.39, 0.29) is 19.5 Å². The first-order valence-electron chi connectivity index (χ1n) is 14.1. The van der Waals surface area contributed by atoms with Crippen LogP contribution in [0.15, 0.2) is 36.4 Å². The molecule has 0 bridgehead atoms. The highest BCUT2D eigenvalue weighted by Gasteiger charge is 2.94. The number of carbonyl (C=O) groups excluding carboxylic acids is 3. The Morgan fingerprint density at radius 3 is 2.52 bits per heavy atom. The smallest absolute Gasteiger partial charge is 0.340 e. The van der Waals surface area contributed by atoms with Gasteiger partial charge in [0.25, 0.3) is 6.47 Å². The number of ether oxygens (including phenoxy) is 5. The van der Waals surface area contributed by atoms with Crippen LogP contribution in [0.5, 0.6) is 0 Å². The van der Waals surface area contributed by atoms with Gasteiger partial charge in [-0.1, -0.05) is 36.4 Å². The van der Waals surface area contributed by atoms with E-state index in [1.807, 2.05) is 24.3 Å². The number of esters is 2. The lowest BCUT2D eigenvalue weighted by atomic mass is 9.49. The van der Waals surface area contributed by atoms with Crippen LogP contribution in [0.1, 0.15) is 38.3 Å². The molecule has 10 atom stereocenters. The Hall–Kier alpha value is -2.87. The average molecular weight is 591 g/mol. The predicted octanol–water partition coefficient (Wildman–Crippen LogP) is 1.39. The third kappa shape index (κ3) is 3.92. The van der Waals surface area contributed by atoms with Crippen molar-refractivity contribution in [3.05, 3.63) is 47.5 Å². The molecule has 1 aromatic carbocycles. The topological polar surface area (TPSA) is 156 Å². The third-order valence-electron chi connectivity index (χ3n) is 9.89. The van der Waals surface area contributed by atoms with Crippen LogP contribution in [0.4, 0.5) is 0 Å². The van der Waals surface area contributed by atoms with Crippen molar-refractivity contribution in [3.8, 4) is 0 Å². The highest BCUT2D eigenvalue weighted by Crippen LogP contribution is 2.78. The predicted molar refractivity (Wildman–Crippen MR) is 142 cm³/mol. The molecule has 2 N–H and O–H groups in total. The first kappa shape index (κ1) is 30.6. The Morgan fingerprint density at radius 2 is 1.90 bits per heavy atom. The van der Waals surface area contributed by atoms with E-state index in [9.17, 15) is 24.6 Å². The maximum atomic E-state index is 13.8. The minimum atomic E-state index is -2.08. The number of aliphatic hydroxyl groups is 2. The lowest BCUT2D eigenvalue weighted by molar-refractivity contribution is -0.271. The lowest BCUT2D eigenvalue weighted by Crippen LogP contribution is -2.67. The van der Waals surface area contributed by atoms with Gasteiger partial charge >= 0.3 is 11.9 Å². The van der Waals surface area contributed by atoms with Crippen molar-refractivity contribution in [2.75, 3.05) is 20.3 Å². The Balaban J connectivity index is 1.61. The van der Waals surface area contributed by atoms with Gasteiger partial charge in [0.1, 0.15) is 12.2 Å². The van der Waals surface area contributed by atoms with Gasteiger partial charge in [0.2, 0.25) is 6.29 Å². The van der Waals surface area contributed by atoms with Gasteiger partial charge in [-0.3, -0.25) is 9.59 Å². The fourth-order valence-electron chi connectivity index (χ4n) is 8.25. The van der Waals surface area contributed by atoms with Crippen LogP contribution in [0.25, 0.3) is 0 Å². The summed E-state index contributed by atoms with van der Waals surface area (Å²) in [5.41, 5.74) is -2.73. The summed E-state index contributed by atoms with van der Waals surface area (Å²) < 4.78 is 29.9. The van der Waals surface area contributed by atoms with E-state index in [1.165, 1.54) is 14.0 Å². The van der Waals surface area contributed by atoms with Gasteiger partial charge in [0, 0.05) is 0 Å². The number of cyclic esters (lactones) is 1. The van der Waals surface area contributed by atoms with E-state index in [0.717, 1.165) is 11.1 Å². The first-order chi connectivity index (χ1) is 20.1. The maximum absolute atomic E-state index is 13.8. The van der Waals surface area contributed by atoms with Crippen LogP contribution in [0.3, 0.4) is 0 Å². The summed E-state index contributed by atoms with van der Waals surface area (Å²) in [6.45, 7) is 9.21. The van der Waals surface area contributed by atoms with Crippen LogP contribution >= 0.6 is 0 Å². The molecular formula is C30H38O12. The minimum Gasteiger partial charge on any atom is -0.459 e. The number of aliphatic hydroxyl groups excluding tert-OH is 2. The Labute approximate surface area is 243 Å². The molecule has 1 spiro atoms. The summed E-state index contributed by atoms with van der Waals surface area (Å²) >= 11 is 0. The van der Waals surface area contributed by atoms with Gasteiger partial charge in [-0.2, -0.15) is 0 Å². The summed E-state index contributed by atoms with van der Waals surface area (Å²) in [5, 5.41) is 22.4. The summed E-state index contributed by atoms with van der Waals surface area (Å²) in [6.07, 6.45) is -5.44. The zero-order valence-corrected chi connectivity index (χ0v) is 24.1. The molecule has 4 aliphatic rings. The molecule has 1 saturated carbocycles. The zero-order valence-electron chi connectivity index (χ0n) is 24.1. The molecule has 3 saturated heterocycles.